The molecule has 126 heavy (non-hydrogen) atoms. The van der Waals surface area contributed by atoms with E-state index in [4.69, 9.17) is 9.47 Å². The molecule has 26 heteroatoms. The maximum atomic E-state index is 13.6. The minimum atomic E-state index is -0.731. The number of carboxylic acid groups (broad SMARTS) is 1. The van der Waals surface area contributed by atoms with Gasteiger partial charge in [0.15, 0.2) is 0 Å². The minimum absolute atomic E-state index is 0.0187. The lowest BCUT2D eigenvalue weighted by molar-refractivity contribution is -0.137. The molecule has 24 rings (SSSR count). The number of benzene rings is 3. The van der Waals surface area contributed by atoms with Crippen molar-refractivity contribution in [2.75, 3.05) is 118 Å². The Morgan fingerprint density at radius 3 is 0.889 bits per heavy atom. The van der Waals surface area contributed by atoms with Gasteiger partial charge in [-0.15, -0.1) is 0 Å². The van der Waals surface area contributed by atoms with Gasteiger partial charge in [-0.2, -0.15) is 0 Å². The lowest BCUT2D eigenvalue weighted by atomic mass is 9.54. The van der Waals surface area contributed by atoms with Gasteiger partial charge >= 0.3 is 36.2 Å². The number of halogens is 3. The molecule has 3 unspecified atom stereocenters. The fraction of sp³-hybridized carbons (Fsp3) is 0.740. The second-order valence-corrected chi connectivity index (χ2v) is 47.1. The van der Waals surface area contributed by atoms with Crippen molar-refractivity contribution in [3.8, 4) is 0 Å². The standard InChI is InChI=1S/C35H49BrN4O4.C30H41BrN4O2.C26H33BrN2O3.C9H18N2O2/c1-34(2,3)44-33(43)40-13-11-38(12-14-40)29(41)20-26-21-35(30-27(26)5-4-6-28(30)36)7-9-39(10-8-35)32(42)37-31-24-16-22-15-23(18-24)19-25(31)17-22;31-25-3-1-2-24-23(17-26(36)34-10-6-32-7-11-34)18-30(27(24)25)4-8-35(9-5-30)29(37)33-28-21-13-19-12-20(15-21)16-22(28)14-19;27-21-3-1-2-20-19(13-22(30)31)14-26(23(20)21)4-6-29(7-5-26)25(32)28-24-17-9-15-8-16(11-17)12-18(24)10-15;1-9(2,3)13-8(12)11-6-4-10-5-7-11/h4-6,22-26,31H,7-21H2,1-3H3,(H,37,42);1-3,19-23,28,32H,4-18H2,(H,33,37);1-3,15-19,24H,4-14H2,(H,28,32)(H,30,31);10H,4-7H2,1-3H3. The quantitative estimate of drug-likeness (QED) is 0.117. The number of piperidine rings is 3. The van der Waals surface area contributed by atoms with Crippen LogP contribution in [0.4, 0.5) is 24.0 Å². The summed E-state index contributed by atoms with van der Waals surface area (Å²) in [4.78, 5) is 116. The molecule has 15 aliphatic carbocycles. The molecule has 18 fully saturated rings. The first-order valence-corrected chi connectivity index (χ1v) is 51.4. The van der Waals surface area contributed by atoms with Crippen LogP contribution in [-0.4, -0.2) is 235 Å². The summed E-state index contributed by atoms with van der Waals surface area (Å²) in [5.74, 6) is 9.89. The number of nitrogens with zero attached hydrogens (tertiary/aromatic N) is 7. The molecule has 23 nitrogen and oxygen atoms in total. The van der Waals surface area contributed by atoms with Crippen molar-refractivity contribution in [2.45, 2.75) is 278 Å². The number of urea groups is 3. The lowest BCUT2D eigenvalue weighted by Crippen LogP contribution is -2.59. The normalized spacial score (nSPS) is 32.8. The van der Waals surface area contributed by atoms with Crippen LogP contribution < -0.4 is 26.6 Å². The Balaban J connectivity index is 0.000000121. The van der Waals surface area contributed by atoms with E-state index in [-0.39, 0.29) is 82.2 Å². The molecule has 688 valence electrons. The van der Waals surface area contributed by atoms with Gasteiger partial charge in [0.25, 0.3) is 0 Å². The number of carbonyl (C=O) groups is 8. The monoisotopic (exact) mass is 1920 g/mol. The van der Waals surface area contributed by atoms with Gasteiger partial charge in [0.1, 0.15) is 11.2 Å². The Morgan fingerprint density at radius 1 is 0.357 bits per heavy atom. The van der Waals surface area contributed by atoms with Crippen molar-refractivity contribution < 1.29 is 52.9 Å². The highest BCUT2D eigenvalue weighted by atomic mass is 79.9. The van der Waals surface area contributed by atoms with Crippen molar-refractivity contribution >= 4 is 95.9 Å². The summed E-state index contributed by atoms with van der Waals surface area (Å²) in [5.41, 5.74) is 6.99. The van der Waals surface area contributed by atoms with E-state index >= 15 is 0 Å². The number of aliphatic carboxylic acids is 1. The summed E-state index contributed by atoms with van der Waals surface area (Å²) < 4.78 is 14.2. The number of carboxylic acids is 1. The molecular formula is C100H141Br3N12O11. The number of rotatable bonds is 9. The van der Waals surface area contributed by atoms with E-state index in [1.54, 1.807) is 9.80 Å². The molecule has 3 aromatic rings. The molecule has 3 atom stereocenters. The zero-order valence-electron chi connectivity index (χ0n) is 75.7. The van der Waals surface area contributed by atoms with Gasteiger partial charge < -0.3 is 75.5 Å². The fourth-order valence-electron chi connectivity index (χ4n) is 29.3. The van der Waals surface area contributed by atoms with E-state index < -0.39 is 11.6 Å². The number of ether oxygens (including phenoxy) is 2. The summed E-state index contributed by atoms with van der Waals surface area (Å²) in [5, 5.41) is 26.5. The lowest BCUT2D eigenvalue weighted by Gasteiger charge is -2.54. The molecule has 6 aliphatic heterocycles. The van der Waals surface area contributed by atoms with Crippen LogP contribution in [0, 0.1) is 71.0 Å². The predicted octanol–water partition coefficient (Wildman–Crippen LogP) is 17.0. The SMILES string of the molecule is CC(C)(C)OC(=O)N1CCN(C(=O)CC2CC3(CCN(C(=O)NC4C5CC6CC(C5)CC4C6)CC3)c3c(Br)cccc32)CC1.CC(C)(C)OC(=O)N1CCNCC1.O=C(CC1CC2(CCN(C(=O)NC3C4CC5CC(C4)CC3C5)CC2)c2c(Br)cccc21)N1CCNCC1.O=C(O)CC1CC2(CCN(C(=O)NC3C4CC5CC(C4)CC3C5)CC2)c2c(Br)cccc21. The smallest absolute Gasteiger partial charge is 0.410 e. The number of hydrogen-bond acceptors (Lipinski definition) is 12. The molecular weight excluding hydrogens is 1780 g/mol. The van der Waals surface area contributed by atoms with Gasteiger partial charge in [-0.1, -0.05) is 84.2 Å². The maximum Gasteiger partial charge on any atom is 0.410 e. The van der Waals surface area contributed by atoms with E-state index in [2.05, 4.69) is 133 Å². The van der Waals surface area contributed by atoms with Crippen LogP contribution in [0.5, 0.6) is 0 Å². The van der Waals surface area contributed by atoms with Crippen LogP contribution in [0.2, 0.25) is 0 Å². The summed E-state index contributed by atoms with van der Waals surface area (Å²) in [7, 11) is 0. The number of amides is 10. The first-order valence-electron chi connectivity index (χ1n) is 49.1. The summed E-state index contributed by atoms with van der Waals surface area (Å²) in [6, 6.07) is 20.7. The van der Waals surface area contributed by atoms with Crippen molar-refractivity contribution in [1.82, 2.24) is 60.9 Å². The van der Waals surface area contributed by atoms with E-state index in [0.717, 1.165) is 194 Å². The third kappa shape index (κ3) is 19.3. The van der Waals surface area contributed by atoms with Crippen LogP contribution in [0.3, 0.4) is 0 Å². The van der Waals surface area contributed by atoms with Gasteiger partial charge in [0.2, 0.25) is 11.8 Å². The molecule has 3 aromatic carbocycles. The molecule has 0 radical (unpaired) electrons. The molecule has 3 spiro atoms. The van der Waals surface area contributed by atoms with Crippen LogP contribution in [0.25, 0.3) is 0 Å². The Kier molecular flexibility index (Phi) is 26.6. The van der Waals surface area contributed by atoms with E-state index in [1.165, 1.54) is 134 Å². The van der Waals surface area contributed by atoms with Gasteiger partial charge in [-0.25, -0.2) is 24.0 Å². The topological polar surface area (TPSA) is 258 Å². The highest BCUT2D eigenvalue weighted by Crippen LogP contribution is 2.61. The molecule has 0 aromatic heterocycles. The number of nitrogens with one attached hydrogen (secondary N) is 5. The molecule has 12 saturated carbocycles. The second kappa shape index (κ2) is 37.1. The number of hydrogen-bond donors (Lipinski definition) is 6. The van der Waals surface area contributed by atoms with Crippen LogP contribution >= 0.6 is 47.8 Å². The molecule has 21 aliphatic rings. The number of fused-ring (bicyclic) bond motifs is 6. The van der Waals surface area contributed by atoms with Gasteiger partial charge in [0, 0.05) is 178 Å². The zero-order chi connectivity index (χ0) is 87.9. The number of piperazine rings is 3. The van der Waals surface area contributed by atoms with Crippen LogP contribution in [-0.2, 0) is 40.1 Å². The van der Waals surface area contributed by atoms with E-state index in [1.807, 2.05) is 62.3 Å². The average molecular weight is 1930 g/mol. The number of likely N-dealkylation sites (tertiary alicyclic amines) is 3. The first kappa shape index (κ1) is 90.3. The van der Waals surface area contributed by atoms with Gasteiger partial charge in [0.05, 0.1) is 6.42 Å². The minimum Gasteiger partial charge on any atom is -0.481 e. The van der Waals surface area contributed by atoms with Crippen molar-refractivity contribution in [1.29, 1.82) is 0 Å². The summed E-state index contributed by atoms with van der Waals surface area (Å²) in [6.45, 7) is 24.6. The molecule has 12 bridgehead atoms. The maximum absolute atomic E-state index is 13.6. The highest BCUT2D eigenvalue weighted by Gasteiger charge is 2.56. The second-order valence-electron chi connectivity index (χ2n) is 44.5. The Hall–Kier alpha value is -6.22. The molecule has 6 N–H and O–H groups in total. The zero-order valence-corrected chi connectivity index (χ0v) is 80.5. The molecule has 6 heterocycles. The average Bonchev–Trinajstić information content (AvgIpc) is 1.59. The van der Waals surface area contributed by atoms with Gasteiger partial charge in [-0.05, 0) is 336 Å². The third-order valence-electron chi connectivity index (χ3n) is 34.3. The van der Waals surface area contributed by atoms with Crippen molar-refractivity contribution in [2.24, 2.45) is 71.0 Å². The number of carbonyl (C=O) groups excluding carboxylic acids is 7. The fourth-order valence-corrected chi connectivity index (χ4v) is 31.7. The first-order chi connectivity index (χ1) is 60.4. The molecule has 10 amide bonds. The Labute approximate surface area is 772 Å². The van der Waals surface area contributed by atoms with Crippen LogP contribution in [0.1, 0.15) is 266 Å². The van der Waals surface area contributed by atoms with E-state index in [0.29, 0.717) is 98.6 Å². The highest BCUT2D eigenvalue weighted by molar-refractivity contribution is 9.11. The van der Waals surface area contributed by atoms with Gasteiger partial charge in [-0.3, -0.25) is 14.4 Å². The van der Waals surface area contributed by atoms with Crippen molar-refractivity contribution in [3.63, 3.8) is 0 Å². The van der Waals surface area contributed by atoms with Crippen LogP contribution in [0.15, 0.2) is 68.0 Å². The Morgan fingerprint density at radius 2 is 0.611 bits per heavy atom. The third-order valence-corrected chi connectivity index (χ3v) is 36.3. The summed E-state index contributed by atoms with van der Waals surface area (Å²) >= 11 is 11.5. The van der Waals surface area contributed by atoms with E-state index in [9.17, 15) is 43.5 Å². The largest absolute Gasteiger partial charge is 0.481 e. The summed E-state index contributed by atoms with van der Waals surface area (Å²) in [6.07, 6.45) is 29.4. The Bertz CT molecular complexity index is 4420. The van der Waals surface area contributed by atoms with Crippen molar-refractivity contribution in [3.05, 3.63) is 101 Å². The molecule has 6 saturated heterocycles. The predicted molar refractivity (Wildman–Crippen MR) is 496 cm³/mol.